The summed E-state index contributed by atoms with van der Waals surface area (Å²) in [5.41, 5.74) is 0.266. The van der Waals surface area contributed by atoms with Crippen LogP contribution >= 0.6 is 0 Å². The molecule has 0 amide bonds. The summed E-state index contributed by atoms with van der Waals surface area (Å²) < 4.78 is 32.2. The number of nitrogens with zero attached hydrogens (tertiary/aromatic N) is 1. The van der Waals surface area contributed by atoms with Gasteiger partial charge in [0.2, 0.25) is 0 Å². The zero-order valence-electron chi connectivity index (χ0n) is 10.7. The van der Waals surface area contributed by atoms with E-state index in [1.165, 1.54) is 13.2 Å². The molecule has 1 heterocycles. The second kappa shape index (κ2) is 5.52. The molecule has 0 radical (unpaired) electrons. The van der Waals surface area contributed by atoms with Crippen molar-refractivity contribution in [2.75, 3.05) is 32.1 Å². The average Bonchev–Trinajstić information content (AvgIpc) is 2.84. The number of hydrogen-bond acceptors (Lipinski definition) is 3. The van der Waals surface area contributed by atoms with Crippen molar-refractivity contribution in [3.63, 3.8) is 0 Å². The highest BCUT2D eigenvalue weighted by Crippen LogP contribution is 2.27. The van der Waals surface area contributed by atoms with Gasteiger partial charge in [-0.15, -0.1) is 0 Å². The van der Waals surface area contributed by atoms with E-state index in [0.717, 1.165) is 25.5 Å². The van der Waals surface area contributed by atoms with Crippen molar-refractivity contribution in [3.05, 3.63) is 23.8 Å². The summed E-state index contributed by atoms with van der Waals surface area (Å²) in [5, 5.41) is 3.33. The van der Waals surface area contributed by atoms with Gasteiger partial charge in [0.1, 0.15) is 5.82 Å². The van der Waals surface area contributed by atoms with Crippen LogP contribution in [0.1, 0.15) is 12.8 Å². The standard InChI is InChI=1S/C13H18F2N2O/c1-17(8-9-4-3-5-16-9)12-6-11(15)13(18-2)7-10(12)14/h6-7,9,16H,3-5,8H2,1-2H3. The predicted octanol–water partition coefficient (Wildman–Crippen LogP) is 2.16. The highest BCUT2D eigenvalue weighted by Gasteiger charge is 2.19. The van der Waals surface area contributed by atoms with Gasteiger partial charge in [-0.25, -0.2) is 8.78 Å². The molecule has 1 aromatic carbocycles. The van der Waals surface area contributed by atoms with Crippen molar-refractivity contribution in [1.82, 2.24) is 5.32 Å². The monoisotopic (exact) mass is 256 g/mol. The summed E-state index contributed by atoms with van der Waals surface area (Å²) in [6.45, 7) is 1.67. The number of halogens is 2. The van der Waals surface area contributed by atoms with E-state index >= 15 is 0 Å². The van der Waals surface area contributed by atoms with E-state index in [-0.39, 0.29) is 11.4 Å². The molecule has 18 heavy (non-hydrogen) atoms. The Labute approximate surface area is 106 Å². The molecule has 100 valence electrons. The van der Waals surface area contributed by atoms with Crippen molar-refractivity contribution in [3.8, 4) is 5.75 Å². The quantitative estimate of drug-likeness (QED) is 0.893. The first-order valence-corrected chi connectivity index (χ1v) is 6.09. The van der Waals surface area contributed by atoms with E-state index in [2.05, 4.69) is 5.32 Å². The summed E-state index contributed by atoms with van der Waals surface area (Å²) in [6, 6.07) is 2.62. The molecule has 1 aliphatic rings. The van der Waals surface area contributed by atoms with Gasteiger partial charge in [0.25, 0.3) is 0 Å². The van der Waals surface area contributed by atoms with Crippen LogP contribution in [0.2, 0.25) is 0 Å². The van der Waals surface area contributed by atoms with Crippen molar-refractivity contribution < 1.29 is 13.5 Å². The van der Waals surface area contributed by atoms with Crippen molar-refractivity contribution in [2.24, 2.45) is 0 Å². The molecule has 0 bridgehead atoms. The molecule has 5 heteroatoms. The minimum Gasteiger partial charge on any atom is -0.494 e. The summed E-state index contributed by atoms with van der Waals surface area (Å²) in [7, 11) is 3.09. The van der Waals surface area contributed by atoms with E-state index in [4.69, 9.17) is 4.74 Å². The van der Waals surface area contributed by atoms with Gasteiger partial charge in [0.15, 0.2) is 11.6 Å². The molecule has 1 aliphatic heterocycles. The van der Waals surface area contributed by atoms with E-state index in [1.807, 2.05) is 0 Å². The van der Waals surface area contributed by atoms with Gasteiger partial charge in [-0.05, 0) is 19.4 Å². The number of anilines is 1. The van der Waals surface area contributed by atoms with Gasteiger partial charge in [-0.3, -0.25) is 0 Å². The van der Waals surface area contributed by atoms with Crippen LogP contribution < -0.4 is 15.0 Å². The fourth-order valence-corrected chi connectivity index (χ4v) is 2.31. The lowest BCUT2D eigenvalue weighted by Gasteiger charge is -2.24. The maximum atomic E-state index is 13.8. The first-order valence-electron chi connectivity index (χ1n) is 6.09. The number of benzene rings is 1. The Bertz CT molecular complexity index is 420. The largest absolute Gasteiger partial charge is 0.494 e. The number of likely N-dealkylation sites (N-methyl/N-ethyl adjacent to an activating group) is 1. The number of rotatable bonds is 4. The SMILES string of the molecule is COc1cc(F)c(N(C)CC2CCCN2)cc1F. The van der Waals surface area contributed by atoms with Crippen LogP contribution in [0.3, 0.4) is 0 Å². The first kappa shape index (κ1) is 13.1. The zero-order chi connectivity index (χ0) is 13.1. The molecule has 0 saturated carbocycles. The van der Waals surface area contributed by atoms with Crippen LogP contribution in [0.5, 0.6) is 5.75 Å². The van der Waals surface area contributed by atoms with Crippen LogP contribution in [0.4, 0.5) is 14.5 Å². The highest BCUT2D eigenvalue weighted by molar-refractivity contribution is 5.51. The van der Waals surface area contributed by atoms with Gasteiger partial charge >= 0.3 is 0 Å². The molecule has 2 rings (SSSR count). The van der Waals surface area contributed by atoms with Crippen LogP contribution in [-0.4, -0.2) is 33.3 Å². The van der Waals surface area contributed by atoms with Crippen LogP contribution in [0, 0.1) is 11.6 Å². The molecule has 1 N–H and O–H groups in total. The zero-order valence-corrected chi connectivity index (χ0v) is 10.7. The Morgan fingerprint density at radius 2 is 2.17 bits per heavy atom. The molecular weight excluding hydrogens is 238 g/mol. The second-order valence-electron chi connectivity index (χ2n) is 4.61. The van der Waals surface area contributed by atoms with Gasteiger partial charge < -0.3 is 15.0 Å². The van der Waals surface area contributed by atoms with Crippen molar-refractivity contribution in [2.45, 2.75) is 18.9 Å². The second-order valence-corrected chi connectivity index (χ2v) is 4.61. The third-order valence-electron chi connectivity index (χ3n) is 3.29. The van der Waals surface area contributed by atoms with E-state index in [1.54, 1.807) is 11.9 Å². The maximum Gasteiger partial charge on any atom is 0.167 e. The summed E-state index contributed by atoms with van der Waals surface area (Å²) >= 11 is 0. The molecule has 1 saturated heterocycles. The molecule has 1 aromatic rings. The molecule has 0 spiro atoms. The van der Waals surface area contributed by atoms with Crippen molar-refractivity contribution in [1.29, 1.82) is 0 Å². The Balaban J connectivity index is 2.13. The lowest BCUT2D eigenvalue weighted by molar-refractivity contribution is 0.382. The van der Waals surface area contributed by atoms with Gasteiger partial charge in [0.05, 0.1) is 12.8 Å². The molecule has 1 unspecified atom stereocenters. The molecule has 1 atom stereocenters. The predicted molar refractivity (Wildman–Crippen MR) is 67.2 cm³/mol. The van der Waals surface area contributed by atoms with Crippen LogP contribution in [0.25, 0.3) is 0 Å². The number of nitrogens with one attached hydrogen (secondary N) is 1. The van der Waals surface area contributed by atoms with Gasteiger partial charge in [0, 0.05) is 31.8 Å². The summed E-state index contributed by atoms with van der Waals surface area (Å²) in [6.07, 6.45) is 2.21. The van der Waals surface area contributed by atoms with Gasteiger partial charge in [-0.2, -0.15) is 0 Å². The molecule has 0 aromatic heterocycles. The Morgan fingerprint density at radius 1 is 1.39 bits per heavy atom. The Morgan fingerprint density at radius 3 is 2.78 bits per heavy atom. The first-order chi connectivity index (χ1) is 8.61. The maximum absolute atomic E-state index is 13.8. The summed E-state index contributed by atoms with van der Waals surface area (Å²) in [5.74, 6) is -1.07. The van der Waals surface area contributed by atoms with Crippen LogP contribution in [0.15, 0.2) is 12.1 Å². The Kier molecular flexibility index (Phi) is 4.01. The van der Waals surface area contributed by atoms with Crippen molar-refractivity contribution >= 4 is 5.69 Å². The number of ether oxygens (including phenoxy) is 1. The van der Waals surface area contributed by atoms with E-state index in [0.29, 0.717) is 12.6 Å². The van der Waals surface area contributed by atoms with Crippen LogP contribution in [-0.2, 0) is 0 Å². The van der Waals surface area contributed by atoms with E-state index in [9.17, 15) is 8.78 Å². The highest BCUT2D eigenvalue weighted by atomic mass is 19.1. The summed E-state index contributed by atoms with van der Waals surface area (Å²) in [4.78, 5) is 1.74. The molecule has 1 fully saturated rings. The lowest BCUT2D eigenvalue weighted by atomic mass is 10.2. The van der Waals surface area contributed by atoms with E-state index < -0.39 is 11.6 Å². The third-order valence-corrected chi connectivity index (χ3v) is 3.29. The fraction of sp³-hybridized carbons (Fsp3) is 0.538. The van der Waals surface area contributed by atoms with Gasteiger partial charge in [-0.1, -0.05) is 0 Å². The molecule has 0 aliphatic carbocycles. The minimum atomic E-state index is -0.542. The Hall–Kier alpha value is -1.36. The topological polar surface area (TPSA) is 24.5 Å². The number of hydrogen-bond donors (Lipinski definition) is 1. The molecular formula is C13H18F2N2O. The minimum absolute atomic E-state index is 0.0661. The third kappa shape index (κ3) is 2.72. The average molecular weight is 256 g/mol. The molecule has 3 nitrogen and oxygen atoms in total. The smallest absolute Gasteiger partial charge is 0.167 e. The number of methoxy groups -OCH3 is 1. The normalized spacial score (nSPS) is 19.0. The lowest BCUT2D eigenvalue weighted by Crippen LogP contribution is -2.35. The fourth-order valence-electron chi connectivity index (χ4n) is 2.31.